The minimum absolute atomic E-state index is 0.106. The number of rotatable bonds is 4. The lowest BCUT2D eigenvalue weighted by atomic mass is 10.2. The Kier molecular flexibility index (Phi) is 4.64. The zero-order chi connectivity index (χ0) is 18.3. The topological polar surface area (TPSA) is 59.4 Å². The van der Waals surface area contributed by atoms with Crippen molar-refractivity contribution in [2.24, 2.45) is 0 Å². The molecule has 0 N–H and O–H groups in total. The molecule has 0 spiro atoms. The number of benzene rings is 2. The van der Waals surface area contributed by atoms with E-state index in [2.05, 4.69) is 0 Å². The second kappa shape index (κ2) is 6.81. The molecule has 3 aromatic rings. The highest BCUT2D eigenvalue weighted by atomic mass is 35.5. The van der Waals surface area contributed by atoms with Crippen LogP contribution in [0.1, 0.15) is 18.4 Å². The lowest BCUT2D eigenvalue weighted by Gasteiger charge is -2.15. The quantitative estimate of drug-likeness (QED) is 0.663. The molecule has 2 heterocycles. The van der Waals surface area contributed by atoms with Crippen LogP contribution in [0.3, 0.4) is 0 Å². The van der Waals surface area contributed by atoms with Crippen LogP contribution < -0.4 is 4.87 Å². The Morgan fingerprint density at radius 1 is 1.04 bits per heavy atom. The molecule has 1 aliphatic heterocycles. The molecule has 0 bridgehead atoms. The van der Waals surface area contributed by atoms with Gasteiger partial charge in [-0.2, -0.15) is 4.31 Å². The summed E-state index contributed by atoms with van der Waals surface area (Å²) in [5.74, 6) is 0. The Morgan fingerprint density at radius 3 is 2.42 bits per heavy atom. The van der Waals surface area contributed by atoms with E-state index in [1.807, 2.05) is 12.1 Å². The highest BCUT2D eigenvalue weighted by Crippen LogP contribution is 2.26. The first-order valence-electron chi connectivity index (χ1n) is 8.33. The van der Waals surface area contributed by atoms with Crippen molar-refractivity contribution < 1.29 is 8.42 Å². The summed E-state index contributed by atoms with van der Waals surface area (Å²) in [7, 11) is -3.48. The van der Waals surface area contributed by atoms with Crippen LogP contribution in [0, 0.1) is 0 Å². The number of halogens is 1. The number of hydrogen-bond acceptors (Lipinski definition) is 4. The van der Waals surface area contributed by atoms with Crippen LogP contribution in [-0.2, 0) is 16.6 Å². The molecular formula is C18H17ClN2O3S2. The van der Waals surface area contributed by atoms with Crippen molar-refractivity contribution in [1.82, 2.24) is 8.87 Å². The Hall–Kier alpha value is -1.67. The normalized spacial score (nSPS) is 15.7. The van der Waals surface area contributed by atoms with Crippen molar-refractivity contribution in [2.45, 2.75) is 24.3 Å². The van der Waals surface area contributed by atoms with E-state index in [9.17, 15) is 13.2 Å². The van der Waals surface area contributed by atoms with E-state index in [4.69, 9.17) is 11.6 Å². The van der Waals surface area contributed by atoms with E-state index < -0.39 is 10.0 Å². The van der Waals surface area contributed by atoms with Crippen LogP contribution in [0.5, 0.6) is 0 Å². The summed E-state index contributed by atoms with van der Waals surface area (Å²) < 4.78 is 29.3. The molecule has 1 aliphatic rings. The lowest BCUT2D eigenvalue weighted by Crippen LogP contribution is -2.27. The first-order chi connectivity index (χ1) is 12.4. The van der Waals surface area contributed by atoms with Gasteiger partial charge in [0.05, 0.1) is 21.7 Å². The summed E-state index contributed by atoms with van der Waals surface area (Å²) in [5, 5.41) is 0.646. The fourth-order valence-corrected chi connectivity index (χ4v) is 5.88. The highest BCUT2D eigenvalue weighted by Gasteiger charge is 2.27. The van der Waals surface area contributed by atoms with Gasteiger partial charge in [-0.15, -0.1) is 0 Å². The maximum Gasteiger partial charge on any atom is 0.308 e. The molecule has 2 aromatic carbocycles. The predicted molar refractivity (Wildman–Crippen MR) is 105 cm³/mol. The molecule has 0 amide bonds. The number of thiazole rings is 1. The van der Waals surface area contributed by atoms with Crippen molar-refractivity contribution >= 4 is 43.2 Å². The van der Waals surface area contributed by atoms with Gasteiger partial charge in [0.2, 0.25) is 10.0 Å². The van der Waals surface area contributed by atoms with Gasteiger partial charge in [-0.1, -0.05) is 35.1 Å². The van der Waals surface area contributed by atoms with Crippen molar-refractivity contribution in [2.75, 3.05) is 13.1 Å². The molecule has 1 fully saturated rings. The average Bonchev–Trinajstić information content (AvgIpc) is 3.25. The molecule has 0 unspecified atom stereocenters. The maximum absolute atomic E-state index is 12.7. The first kappa shape index (κ1) is 17.7. The second-order valence-corrected chi connectivity index (χ2v) is 9.69. The summed E-state index contributed by atoms with van der Waals surface area (Å²) in [5.41, 5.74) is 1.71. The third kappa shape index (κ3) is 3.20. The molecule has 1 aromatic heterocycles. The number of nitrogens with zero attached hydrogens (tertiary/aromatic N) is 2. The van der Waals surface area contributed by atoms with E-state index in [1.165, 1.54) is 4.31 Å². The third-order valence-corrected chi connectivity index (χ3v) is 7.68. The van der Waals surface area contributed by atoms with E-state index >= 15 is 0 Å². The summed E-state index contributed by atoms with van der Waals surface area (Å²) in [6, 6.07) is 12.3. The molecule has 0 radical (unpaired) electrons. The van der Waals surface area contributed by atoms with Crippen molar-refractivity contribution in [3.05, 3.63) is 62.7 Å². The highest BCUT2D eigenvalue weighted by molar-refractivity contribution is 7.89. The van der Waals surface area contributed by atoms with E-state index in [-0.39, 0.29) is 9.77 Å². The molecule has 0 atom stereocenters. The molecule has 26 heavy (non-hydrogen) atoms. The molecule has 5 nitrogen and oxygen atoms in total. The summed E-state index contributed by atoms with van der Waals surface area (Å²) >= 11 is 6.98. The van der Waals surface area contributed by atoms with Crippen molar-refractivity contribution in [3.8, 4) is 0 Å². The maximum atomic E-state index is 12.7. The molecule has 8 heteroatoms. The Bertz CT molecular complexity index is 1110. The van der Waals surface area contributed by atoms with Gasteiger partial charge in [-0.05, 0) is 48.7 Å². The number of fused-ring (bicyclic) bond motifs is 1. The van der Waals surface area contributed by atoms with Gasteiger partial charge in [-0.25, -0.2) is 8.42 Å². The number of hydrogen-bond donors (Lipinski definition) is 0. The molecule has 4 rings (SSSR count). The average molecular weight is 409 g/mol. The van der Waals surface area contributed by atoms with Gasteiger partial charge in [0, 0.05) is 18.1 Å². The number of sulfonamides is 1. The monoisotopic (exact) mass is 408 g/mol. The third-order valence-electron chi connectivity index (χ3n) is 4.60. The van der Waals surface area contributed by atoms with Crippen LogP contribution in [-0.4, -0.2) is 30.4 Å². The summed E-state index contributed by atoms with van der Waals surface area (Å²) in [4.78, 5) is 12.6. The standard InChI is InChI=1S/C18H17ClN2O3S2/c19-14-5-3-13(4-6-14)12-21-16-8-7-15(11-17(16)25-18(21)22)26(23,24)20-9-1-2-10-20/h3-8,11H,1-2,9-10,12H2. The van der Waals surface area contributed by atoms with E-state index in [0.717, 1.165) is 35.3 Å². The predicted octanol–water partition coefficient (Wildman–Crippen LogP) is 3.55. The van der Waals surface area contributed by atoms with Crippen LogP contribution >= 0.6 is 22.9 Å². The fourth-order valence-electron chi connectivity index (χ4n) is 3.21. The molecule has 0 saturated carbocycles. The van der Waals surface area contributed by atoms with Crippen LogP contribution in [0.25, 0.3) is 10.2 Å². The molecular weight excluding hydrogens is 392 g/mol. The van der Waals surface area contributed by atoms with Crippen molar-refractivity contribution in [1.29, 1.82) is 0 Å². The van der Waals surface area contributed by atoms with Gasteiger partial charge in [0.25, 0.3) is 0 Å². The van der Waals surface area contributed by atoms with Gasteiger partial charge in [0.1, 0.15) is 0 Å². The van der Waals surface area contributed by atoms with Crippen molar-refractivity contribution in [3.63, 3.8) is 0 Å². The smallest absolute Gasteiger partial charge is 0.294 e. The van der Waals surface area contributed by atoms with Gasteiger partial charge in [-0.3, -0.25) is 9.36 Å². The Morgan fingerprint density at radius 2 is 1.73 bits per heavy atom. The Balaban J connectivity index is 1.72. The zero-order valence-corrected chi connectivity index (χ0v) is 16.3. The Labute approximate surface area is 160 Å². The fraction of sp³-hybridized carbons (Fsp3) is 0.278. The number of aromatic nitrogens is 1. The second-order valence-electron chi connectivity index (χ2n) is 6.32. The first-order valence-corrected chi connectivity index (χ1v) is 11.0. The van der Waals surface area contributed by atoms with Crippen LogP contribution in [0.4, 0.5) is 0 Å². The molecule has 136 valence electrons. The zero-order valence-electron chi connectivity index (χ0n) is 13.9. The van der Waals surface area contributed by atoms with E-state index in [1.54, 1.807) is 34.9 Å². The van der Waals surface area contributed by atoms with Crippen LogP contribution in [0.15, 0.2) is 52.2 Å². The molecule has 0 aliphatic carbocycles. The largest absolute Gasteiger partial charge is 0.308 e. The van der Waals surface area contributed by atoms with Crippen LogP contribution in [0.2, 0.25) is 5.02 Å². The summed E-state index contributed by atoms with van der Waals surface area (Å²) in [6.07, 6.45) is 1.79. The lowest BCUT2D eigenvalue weighted by molar-refractivity contribution is 0.477. The minimum atomic E-state index is -3.48. The SMILES string of the molecule is O=c1sc2cc(S(=O)(=O)N3CCCC3)ccc2n1Cc1ccc(Cl)cc1. The summed E-state index contributed by atoms with van der Waals surface area (Å²) in [6.45, 7) is 1.55. The molecule has 1 saturated heterocycles. The van der Waals surface area contributed by atoms with Gasteiger partial charge in [0.15, 0.2) is 0 Å². The van der Waals surface area contributed by atoms with E-state index in [0.29, 0.717) is 29.4 Å². The minimum Gasteiger partial charge on any atom is -0.294 e. The van der Waals surface area contributed by atoms with Gasteiger partial charge < -0.3 is 0 Å². The van der Waals surface area contributed by atoms with Gasteiger partial charge >= 0.3 is 4.87 Å².